The molecule has 1 saturated carbocycles. The number of hydrogen-bond donors (Lipinski definition) is 0. The van der Waals surface area contributed by atoms with Crippen LogP contribution in [0.1, 0.15) is 37.2 Å². The molecule has 1 aliphatic rings. The zero-order valence-corrected chi connectivity index (χ0v) is 10.2. The minimum atomic E-state index is 0.775. The number of rotatable bonds is 2. The smallest absolute Gasteiger partial charge is 0.0462 e. The number of benzene rings is 1. The summed E-state index contributed by atoms with van der Waals surface area (Å²) in [4.78, 5) is 0. The van der Waals surface area contributed by atoms with Crippen molar-refractivity contribution in [2.45, 2.75) is 31.6 Å². The van der Waals surface area contributed by atoms with Crippen LogP contribution in [0, 0.1) is 17.8 Å². The summed E-state index contributed by atoms with van der Waals surface area (Å²) in [5, 5.41) is 6.50. The van der Waals surface area contributed by atoms with E-state index in [1.165, 1.54) is 31.2 Å². The Bertz CT molecular complexity index is 299. The van der Waals surface area contributed by atoms with E-state index in [1.807, 2.05) is 0 Å². The highest BCUT2D eigenvalue weighted by Crippen LogP contribution is 2.35. The lowest BCUT2D eigenvalue weighted by Crippen LogP contribution is -2.14. The molecule has 2 heteroatoms. The first-order valence-corrected chi connectivity index (χ1v) is 6.30. The Labute approximate surface area is 103 Å². The van der Waals surface area contributed by atoms with Crippen LogP contribution in [-0.4, -0.2) is 5.88 Å². The Kier molecular flexibility index (Phi) is 5.96. The highest BCUT2D eigenvalue weighted by atomic mass is 35.5. The number of alkyl halides is 1. The van der Waals surface area contributed by atoms with Gasteiger partial charge in [-0.15, -0.1) is 11.6 Å². The molecule has 0 aromatic heterocycles. The minimum absolute atomic E-state index is 0.775. The molecular weight excluding hydrogens is 218 g/mol. The van der Waals surface area contributed by atoms with Crippen LogP contribution in [0.5, 0.6) is 0 Å². The highest BCUT2D eigenvalue weighted by Gasteiger charge is 2.21. The number of nitrogens with zero attached hydrogens (tertiary/aromatic N) is 1. The summed E-state index contributed by atoms with van der Waals surface area (Å²) in [6.07, 6.45) is 5.26. The van der Waals surface area contributed by atoms with Crippen molar-refractivity contribution in [2.75, 3.05) is 5.88 Å². The molecule has 0 N–H and O–H groups in total. The van der Waals surface area contributed by atoms with Crippen molar-refractivity contribution in [2.24, 2.45) is 5.92 Å². The lowest BCUT2D eigenvalue weighted by atomic mass is 9.79. The van der Waals surface area contributed by atoms with Crippen molar-refractivity contribution < 1.29 is 0 Å². The standard InChI is InChI=1S/C13H17Cl.CHN/c14-10-11-6-8-13(9-7-11)12-4-2-1-3-5-12;1-2/h1-5,11,13H,6-10H2;1H. The average Bonchev–Trinajstić information content (AvgIpc) is 2.42. The largest absolute Gasteiger partial charge is 0.202 e. The maximum atomic E-state index is 6.50. The van der Waals surface area contributed by atoms with Crippen molar-refractivity contribution in [3.05, 3.63) is 35.9 Å². The van der Waals surface area contributed by atoms with Crippen LogP contribution in [0.2, 0.25) is 0 Å². The third-order valence-corrected chi connectivity index (χ3v) is 3.77. The van der Waals surface area contributed by atoms with Crippen molar-refractivity contribution in [3.8, 4) is 6.57 Å². The van der Waals surface area contributed by atoms with Crippen molar-refractivity contribution in [1.82, 2.24) is 0 Å². The van der Waals surface area contributed by atoms with Gasteiger partial charge in [-0.1, -0.05) is 30.3 Å². The Morgan fingerprint density at radius 1 is 1.06 bits per heavy atom. The summed E-state index contributed by atoms with van der Waals surface area (Å²) in [5.74, 6) is 2.41. The molecule has 1 aromatic rings. The van der Waals surface area contributed by atoms with Crippen LogP contribution < -0.4 is 0 Å². The molecule has 0 aliphatic heterocycles. The molecule has 0 saturated heterocycles. The van der Waals surface area contributed by atoms with E-state index >= 15 is 0 Å². The Hall–Kier alpha value is -1.00. The SMILES string of the molecule is C#N.ClCC1CCC(c2ccccc2)CC1. The maximum absolute atomic E-state index is 6.50. The van der Waals surface area contributed by atoms with Gasteiger partial charge >= 0.3 is 0 Å². The van der Waals surface area contributed by atoms with Gasteiger partial charge in [0.15, 0.2) is 0 Å². The molecule has 0 amide bonds. The van der Waals surface area contributed by atoms with E-state index in [0.717, 1.165) is 17.7 Å². The molecule has 0 radical (unpaired) electrons. The predicted molar refractivity (Wildman–Crippen MR) is 68.5 cm³/mol. The molecule has 0 bridgehead atoms. The molecular formula is C14H18ClN. The summed E-state index contributed by atoms with van der Waals surface area (Å²) >= 11 is 5.87. The third-order valence-electron chi connectivity index (χ3n) is 3.34. The first kappa shape index (κ1) is 13.1. The van der Waals surface area contributed by atoms with Crippen LogP contribution in [0.25, 0.3) is 0 Å². The van der Waals surface area contributed by atoms with Gasteiger partial charge in [-0.05, 0) is 43.1 Å². The fraction of sp³-hybridized carbons (Fsp3) is 0.500. The van der Waals surface area contributed by atoms with Gasteiger partial charge in [0, 0.05) is 12.5 Å². The van der Waals surface area contributed by atoms with E-state index in [0.29, 0.717) is 0 Å². The van der Waals surface area contributed by atoms with E-state index in [2.05, 4.69) is 36.9 Å². The van der Waals surface area contributed by atoms with Crippen molar-refractivity contribution in [1.29, 1.82) is 5.26 Å². The molecule has 0 unspecified atom stereocenters. The molecule has 2 rings (SSSR count). The Morgan fingerprint density at radius 3 is 2.12 bits per heavy atom. The lowest BCUT2D eigenvalue weighted by Gasteiger charge is -2.27. The fourth-order valence-corrected chi connectivity index (χ4v) is 2.68. The zero-order chi connectivity index (χ0) is 11.8. The van der Waals surface area contributed by atoms with E-state index in [-0.39, 0.29) is 0 Å². The first-order chi connectivity index (χ1) is 7.90. The van der Waals surface area contributed by atoms with E-state index < -0.39 is 0 Å². The fourth-order valence-electron chi connectivity index (χ4n) is 2.38. The third kappa shape index (κ3) is 3.54. The maximum Gasteiger partial charge on any atom is 0.0462 e. The second-order valence-corrected chi connectivity index (χ2v) is 4.59. The van der Waals surface area contributed by atoms with Crippen LogP contribution in [0.15, 0.2) is 30.3 Å². The quantitative estimate of drug-likeness (QED) is 0.700. The molecule has 1 aromatic carbocycles. The molecule has 0 spiro atoms. The molecule has 0 heterocycles. The van der Waals surface area contributed by atoms with E-state index in [1.54, 1.807) is 0 Å². The van der Waals surface area contributed by atoms with Gasteiger partial charge in [-0.3, -0.25) is 0 Å². The van der Waals surface area contributed by atoms with Crippen LogP contribution in [0.3, 0.4) is 0 Å². The molecule has 0 atom stereocenters. The molecule has 16 heavy (non-hydrogen) atoms. The van der Waals surface area contributed by atoms with Crippen molar-refractivity contribution in [3.63, 3.8) is 0 Å². The Balaban J connectivity index is 0.000000606. The van der Waals surface area contributed by atoms with Crippen LogP contribution in [0.4, 0.5) is 0 Å². The summed E-state index contributed by atoms with van der Waals surface area (Å²) < 4.78 is 0. The van der Waals surface area contributed by atoms with Crippen molar-refractivity contribution >= 4 is 11.6 Å². The summed E-state index contributed by atoms with van der Waals surface area (Å²) in [6.45, 7) is 3.50. The highest BCUT2D eigenvalue weighted by molar-refractivity contribution is 6.18. The van der Waals surface area contributed by atoms with E-state index in [9.17, 15) is 0 Å². The summed E-state index contributed by atoms with van der Waals surface area (Å²) in [7, 11) is 0. The minimum Gasteiger partial charge on any atom is -0.202 e. The molecule has 1 fully saturated rings. The second-order valence-electron chi connectivity index (χ2n) is 4.28. The van der Waals surface area contributed by atoms with Gasteiger partial charge in [0.2, 0.25) is 0 Å². The first-order valence-electron chi connectivity index (χ1n) is 5.77. The van der Waals surface area contributed by atoms with Crippen LogP contribution >= 0.6 is 11.6 Å². The summed E-state index contributed by atoms with van der Waals surface area (Å²) in [5.41, 5.74) is 1.51. The monoisotopic (exact) mass is 235 g/mol. The van der Waals surface area contributed by atoms with Gasteiger partial charge in [0.05, 0.1) is 0 Å². The lowest BCUT2D eigenvalue weighted by molar-refractivity contribution is 0.351. The number of nitriles is 1. The van der Waals surface area contributed by atoms with E-state index in [4.69, 9.17) is 16.9 Å². The topological polar surface area (TPSA) is 23.8 Å². The molecule has 86 valence electrons. The molecule has 1 nitrogen and oxygen atoms in total. The van der Waals surface area contributed by atoms with Crippen LogP contribution in [-0.2, 0) is 0 Å². The molecule has 1 aliphatic carbocycles. The van der Waals surface area contributed by atoms with Gasteiger partial charge < -0.3 is 0 Å². The number of halogens is 1. The zero-order valence-electron chi connectivity index (χ0n) is 9.48. The van der Waals surface area contributed by atoms with Gasteiger partial charge in [0.25, 0.3) is 0 Å². The van der Waals surface area contributed by atoms with Gasteiger partial charge in [-0.2, -0.15) is 0 Å². The summed E-state index contributed by atoms with van der Waals surface area (Å²) in [6, 6.07) is 10.9. The van der Waals surface area contributed by atoms with Gasteiger partial charge in [-0.25, -0.2) is 5.26 Å². The Morgan fingerprint density at radius 2 is 1.62 bits per heavy atom. The van der Waals surface area contributed by atoms with Gasteiger partial charge in [0.1, 0.15) is 0 Å². The predicted octanol–water partition coefficient (Wildman–Crippen LogP) is 4.34. The second kappa shape index (κ2) is 7.30. The number of hydrogen-bond acceptors (Lipinski definition) is 1. The normalized spacial score (nSPS) is 24.2. The average molecular weight is 236 g/mol.